The van der Waals surface area contributed by atoms with Crippen molar-refractivity contribution in [3.8, 4) is 0 Å². The molecule has 1 amide bonds. The van der Waals surface area contributed by atoms with Crippen LogP contribution in [0.2, 0.25) is 0 Å². The van der Waals surface area contributed by atoms with Crippen LogP contribution in [-0.4, -0.2) is 36.2 Å². The maximum atomic E-state index is 12.5. The van der Waals surface area contributed by atoms with Crippen molar-refractivity contribution < 1.29 is 19.4 Å². The first-order chi connectivity index (χ1) is 10.6. The zero-order valence-electron chi connectivity index (χ0n) is 12.8. The van der Waals surface area contributed by atoms with Crippen molar-refractivity contribution in [3.63, 3.8) is 0 Å². The standard InChI is InChI=1S/C17H23NO4/c1-2-14(12-7-4-3-5-8-12)16(19)18-15(17(20)21)13-9-6-10-22-11-13/h3-5,7-8,13-15H,2,6,9-11H2,1H3,(H,18,19)(H,20,21). The zero-order valence-corrected chi connectivity index (χ0v) is 12.8. The van der Waals surface area contributed by atoms with Gasteiger partial charge in [0, 0.05) is 12.5 Å². The number of hydrogen-bond donors (Lipinski definition) is 2. The van der Waals surface area contributed by atoms with Gasteiger partial charge in [0.25, 0.3) is 0 Å². The number of carbonyl (C=O) groups is 2. The van der Waals surface area contributed by atoms with E-state index in [2.05, 4.69) is 5.32 Å². The fraction of sp³-hybridized carbons (Fsp3) is 0.529. The molecule has 22 heavy (non-hydrogen) atoms. The molecule has 1 heterocycles. The van der Waals surface area contributed by atoms with E-state index in [9.17, 15) is 14.7 Å². The molecule has 1 aliphatic rings. The van der Waals surface area contributed by atoms with Crippen LogP contribution in [0.4, 0.5) is 0 Å². The van der Waals surface area contributed by atoms with Crippen LogP contribution in [0, 0.1) is 5.92 Å². The Morgan fingerprint density at radius 3 is 2.64 bits per heavy atom. The summed E-state index contributed by atoms with van der Waals surface area (Å²) in [5.41, 5.74) is 0.909. The summed E-state index contributed by atoms with van der Waals surface area (Å²) in [4.78, 5) is 24.0. The van der Waals surface area contributed by atoms with Crippen molar-refractivity contribution in [1.29, 1.82) is 0 Å². The third kappa shape index (κ3) is 4.07. The molecule has 3 atom stereocenters. The van der Waals surface area contributed by atoms with Crippen LogP contribution in [0.5, 0.6) is 0 Å². The first-order valence-electron chi connectivity index (χ1n) is 7.79. The molecule has 0 spiro atoms. The largest absolute Gasteiger partial charge is 0.480 e. The summed E-state index contributed by atoms with van der Waals surface area (Å²) < 4.78 is 5.35. The van der Waals surface area contributed by atoms with Crippen molar-refractivity contribution in [2.24, 2.45) is 5.92 Å². The second kappa shape index (κ2) is 7.94. The molecule has 0 aliphatic carbocycles. The van der Waals surface area contributed by atoms with Gasteiger partial charge in [0.2, 0.25) is 5.91 Å². The van der Waals surface area contributed by atoms with Gasteiger partial charge in [-0.3, -0.25) is 4.79 Å². The van der Waals surface area contributed by atoms with Gasteiger partial charge in [0.15, 0.2) is 0 Å². The Balaban J connectivity index is 2.07. The summed E-state index contributed by atoms with van der Waals surface area (Å²) in [5.74, 6) is -1.71. The smallest absolute Gasteiger partial charge is 0.326 e. The molecule has 1 aliphatic heterocycles. The lowest BCUT2D eigenvalue weighted by Crippen LogP contribution is -2.49. The van der Waals surface area contributed by atoms with E-state index in [0.717, 1.165) is 18.4 Å². The Morgan fingerprint density at radius 1 is 1.36 bits per heavy atom. The lowest BCUT2D eigenvalue weighted by molar-refractivity contribution is -0.145. The highest BCUT2D eigenvalue weighted by molar-refractivity contribution is 5.88. The molecular weight excluding hydrogens is 282 g/mol. The molecule has 1 aromatic rings. The van der Waals surface area contributed by atoms with E-state index >= 15 is 0 Å². The van der Waals surface area contributed by atoms with Crippen LogP contribution in [0.25, 0.3) is 0 Å². The summed E-state index contributed by atoms with van der Waals surface area (Å²) in [6, 6.07) is 8.57. The molecule has 0 radical (unpaired) electrons. The SMILES string of the molecule is CCC(C(=O)NC(C(=O)O)C1CCCOC1)c1ccccc1. The number of carbonyl (C=O) groups excluding carboxylic acids is 1. The quantitative estimate of drug-likeness (QED) is 0.844. The van der Waals surface area contributed by atoms with E-state index in [-0.39, 0.29) is 17.7 Å². The Labute approximate surface area is 130 Å². The Bertz CT molecular complexity index is 497. The third-order valence-corrected chi connectivity index (χ3v) is 4.16. The van der Waals surface area contributed by atoms with E-state index in [1.807, 2.05) is 37.3 Å². The van der Waals surface area contributed by atoms with Gasteiger partial charge in [0.05, 0.1) is 12.5 Å². The second-order valence-electron chi connectivity index (χ2n) is 5.67. The topological polar surface area (TPSA) is 75.6 Å². The van der Waals surface area contributed by atoms with Gasteiger partial charge in [-0.15, -0.1) is 0 Å². The summed E-state index contributed by atoms with van der Waals surface area (Å²) >= 11 is 0. The lowest BCUT2D eigenvalue weighted by Gasteiger charge is -2.29. The molecule has 5 nitrogen and oxygen atoms in total. The van der Waals surface area contributed by atoms with Gasteiger partial charge in [-0.25, -0.2) is 4.79 Å². The number of hydrogen-bond acceptors (Lipinski definition) is 3. The number of carboxylic acids is 1. The summed E-state index contributed by atoms with van der Waals surface area (Å²) in [7, 11) is 0. The van der Waals surface area contributed by atoms with E-state index in [0.29, 0.717) is 19.6 Å². The van der Waals surface area contributed by atoms with Gasteiger partial charge in [0.1, 0.15) is 6.04 Å². The lowest BCUT2D eigenvalue weighted by atomic mass is 9.91. The van der Waals surface area contributed by atoms with Crippen molar-refractivity contribution in [2.45, 2.75) is 38.1 Å². The zero-order chi connectivity index (χ0) is 15.9. The van der Waals surface area contributed by atoms with Gasteiger partial charge < -0.3 is 15.2 Å². The Kier molecular flexibility index (Phi) is 5.95. The van der Waals surface area contributed by atoms with Crippen molar-refractivity contribution in [2.75, 3.05) is 13.2 Å². The van der Waals surface area contributed by atoms with Crippen molar-refractivity contribution in [1.82, 2.24) is 5.32 Å². The minimum Gasteiger partial charge on any atom is -0.480 e. The molecule has 120 valence electrons. The molecule has 0 saturated carbocycles. The van der Waals surface area contributed by atoms with E-state index in [1.165, 1.54) is 0 Å². The highest BCUT2D eigenvalue weighted by Crippen LogP contribution is 2.22. The van der Waals surface area contributed by atoms with Gasteiger partial charge in [-0.1, -0.05) is 37.3 Å². The minimum absolute atomic E-state index is 0.163. The number of aliphatic carboxylic acids is 1. The number of rotatable bonds is 6. The van der Waals surface area contributed by atoms with Crippen LogP contribution < -0.4 is 5.32 Å². The summed E-state index contributed by atoms with van der Waals surface area (Å²) in [6.07, 6.45) is 2.23. The third-order valence-electron chi connectivity index (χ3n) is 4.16. The van der Waals surface area contributed by atoms with Crippen LogP contribution in [0.3, 0.4) is 0 Å². The first-order valence-corrected chi connectivity index (χ1v) is 7.79. The van der Waals surface area contributed by atoms with Crippen LogP contribution in [0.15, 0.2) is 30.3 Å². The van der Waals surface area contributed by atoms with Crippen LogP contribution in [0.1, 0.15) is 37.7 Å². The molecule has 2 rings (SSSR count). The molecule has 0 aromatic heterocycles. The highest BCUT2D eigenvalue weighted by Gasteiger charge is 2.33. The number of benzene rings is 1. The Morgan fingerprint density at radius 2 is 2.09 bits per heavy atom. The number of nitrogens with one attached hydrogen (secondary N) is 1. The molecule has 1 fully saturated rings. The minimum atomic E-state index is -0.994. The Hall–Kier alpha value is -1.88. The first kappa shape index (κ1) is 16.5. The normalized spacial score (nSPS) is 20.9. The monoisotopic (exact) mass is 305 g/mol. The van der Waals surface area contributed by atoms with Crippen LogP contribution >= 0.6 is 0 Å². The second-order valence-corrected chi connectivity index (χ2v) is 5.67. The number of amides is 1. The number of carboxylic acid groups (broad SMARTS) is 1. The maximum Gasteiger partial charge on any atom is 0.326 e. The molecule has 1 aromatic carbocycles. The molecule has 2 N–H and O–H groups in total. The molecule has 3 unspecified atom stereocenters. The average Bonchev–Trinajstić information content (AvgIpc) is 2.55. The van der Waals surface area contributed by atoms with Gasteiger partial charge >= 0.3 is 5.97 Å². The maximum absolute atomic E-state index is 12.5. The fourth-order valence-electron chi connectivity index (χ4n) is 2.92. The predicted molar refractivity (Wildman–Crippen MR) is 82.6 cm³/mol. The van der Waals surface area contributed by atoms with Crippen LogP contribution in [-0.2, 0) is 14.3 Å². The van der Waals surface area contributed by atoms with E-state index in [1.54, 1.807) is 0 Å². The van der Waals surface area contributed by atoms with Gasteiger partial charge in [-0.05, 0) is 24.8 Å². The van der Waals surface area contributed by atoms with E-state index < -0.39 is 12.0 Å². The predicted octanol–water partition coefficient (Wildman–Crippen LogP) is 2.18. The summed E-state index contributed by atoms with van der Waals surface area (Å²) in [6.45, 7) is 2.98. The summed E-state index contributed by atoms with van der Waals surface area (Å²) in [5, 5.41) is 12.1. The molecule has 0 bridgehead atoms. The number of ether oxygens (including phenoxy) is 1. The van der Waals surface area contributed by atoms with Crippen molar-refractivity contribution >= 4 is 11.9 Å². The average molecular weight is 305 g/mol. The molecular formula is C17H23NO4. The van der Waals surface area contributed by atoms with Crippen molar-refractivity contribution in [3.05, 3.63) is 35.9 Å². The molecule has 5 heteroatoms. The van der Waals surface area contributed by atoms with Gasteiger partial charge in [-0.2, -0.15) is 0 Å². The van der Waals surface area contributed by atoms with E-state index in [4.69, 9.17) is 4.74 Å². The highest BCUT2D eigenvalue weighted by atomic mass is 16.5. The fourth-order valence-corrected chi connectivity index (χ4v) is 2.92. The molecule has 1 saturated heterocycles.